The van der Waals surface area contributed by atoms with E-state index >= 15 is 0 Å². The summed E-state index contributed by atoms with van der Waals surface area (Å²) in [6.07, 6.45) is 1.67. The standard InChI is InChI=1S/C21H22Cl2N4O4/c1-31-20(29)16(10-25-21(24)30)27-19(28)17-14(22)6-7-15(18(17)23)26-13-8-11-4-2-3-5-12(11)9-13/h2-7,13,16,26H,8-10H2,1H3,(H,27,28)(H3,24,25,30)/t16-/m0/s1. The van der Waals surface area contributed by atoms with E-state index in [1.54, 1.807) is 12.1 Å². The van der Waals surface area contributed by atoms with Crippen LogP contribution < -0.4 is 21.7 Å². The van der Waals surface area contributed by atoms with Crippen molar-refractivity contribution in [3.8, 4) is 0 Å². The molecule has 0 fully saturated rings. The Bertz CT molecular complexity index is 990. The second-order valence-electron chi connectivity index (χ2n) is 7.10. The monoisotopic (exact) mass is 464 g/mol. The molecule has 0 aliphatic heterocycles. The van der Waals surface area contributed by atoms with E-state index in [1.165, 1.54) is 11.1 Å². The molecule has 3 rings (SSSR count). The van der Waals surface area contributed by atoms with Gasteiger partial charge in [-0.25, -0.2) is 9.59 Å². The molecule has 0 saturated heterocycles. The molecule has 0 aromatic heterocycles. The Hall–Kier alpha value is -2.97. The zero-order valence-electron chi connectivity index (χ0n) is 16.7. The summed E-state index contributed by atoms with van der Waals surface area (Å²) in [5.74, 6) is -1.44. The summed E-state index contributed by atoms with van der Waals surface area (Å²) in [6.45, 7) is -0.249. The normalized spacial score (nSPS) is 13.8. The Morgan fingerprint density at radius 3 is 2.35 bits per heavy atom. The fraction of sp³-hybridized carbons (Fsp3) is 0.286. The Labute approximate surface area is 189 Å². The van der Waals surface area contributed by atoms with Crippen LogP contribution in [0, 0.1) is 0 Å². The van der Waals surface area contributed by atoms with E-state index in [4.69, 9.17) is 28.9 Å². The van der Waals surface area contributed by atoms with Crippen LogP contribution in [0.2, 0.25) is 10.0 Å². The van der Waals surface area contributed by atoms with Gasteiger partial charge in [0.2, 0.25) is 0 Å². The van der Waals surface area contributed by atoms with Crippen LogP contribution in [0.4, 0.5) is 10.5 Å². The van der Waals surface area contributed by atoms with Crippen LogP contribution in [0.15, 0.2) is 36.4 Å². The number of hydrogen-bond donors (Lipinski definition) is 4. The molecule has 0 bridgehead atoms. The van der Waals surface area contributed by atoms with Gasteiger partial charge in [0.1, 0.15) is 6.04 Å². The van der Waals surface area contributed by atoms with Crippen molar-refractivity contribution in [3.63, 3.8) is 0 Å². The molecule has 3 amide bonds. The van der Waals surface area contributed by atoms with Gasteiger partial charge in [-0.3, -0.25) is 4.79 Å². The molecule has 1 aliphatic carbocycles. The van der Waals surface area contributed by atoms with E-state index in [9.17, 15) is 14.4 Å². The number of benzene rings is 2. The number of carbonyl (C=O) groups is 3. The molecule has 5 N–H and O–H groups in total. The molecule has 1 atom stereocenters. The van der Waals surface area contributed by atoms with Gasteiger partial charge in [-0.15, -0.1) is 0 Å². The van der Waals surface area contributed by atoms with Gasteiger partial charge in [-0.1, -0.05) is 47.5 Å². The molecule has 8 nitrogen and oxygen atoms in total. The quantitative estimate of drug-likeness (QED) is 0.468. The molecule has 2 aromatic carbocycles. The number of methoxy groups -OCH3 is 1. The molecule has 10 heteroatoms. The van der Waals surface area contributed by atoms with E-state index in [-0.39, 0.29) is 28.2 Å². The minimum atomic E-state index is -1.17. The number of nitrogens with two attached hydrogens (primary N) is 1. The number of urea groups is 1. The topological polar surface area (TPSA) is 123 Å². The molecule has 0 saturated carbocycles. The number of carbonyl (C=O) groups excluding carboxylic acids is 3. The first-order valence-corrected chi connectivity index (χ1v) is 10.3. The van der Waals surface area contributed by atoms with E-state index in [1.807, 2.05) is 12.1 Å². The summed E-state index contributed by atoms with van der Waals surface area (Å²) in [7, 11) is 1.16. The van der Waals surface area contributed by atoms with Gasteiger partial charge in [-0.2, -0.15) is 0 Å². The van der Waals surface area contributed by atoms with E-state index in [0.29, 0.717) is 5.69 Å². The number of anilines is 1. The number of ether oxygens (including phenoxy) is 1. The molecule has 31 heavy (non-hydrogen) atoms. The minimum absolute atomic E-state index is 0.0109. The van der Waals surface area contributed by atoms with Crippen LogP contribution in [-0.4, -0.2) is 43.6 Å². The van der Waals surface area contributed by atoms with Crippen LogP contribution >= 0.6 is 23.2 Å². The maximum atomic E-state index is 12.9. The van der Waals surface area contributed by atoms with Crippen LogP contribution in [0.5, 0.6) is 0 Å². The summed E-state index contributed by atoms with van der Waals surface area (Å²) in [4.78, 5) is 35.8. The lowest BCUT2D eigenvalue weighted by Crippen LogP contribution is -2.50. The van der Waals surface area contributed by atoms with Gasteiger partial charge >= 0.3 is 12.0 Å². The van der Waals surface area contributed by atoms with Crippen molar-refractivity contribution in [2.24, 2.45) is 5.73 Å². The summed E-state index contributed by atoms with van der Waals surface area (Å²) >= 11 is 12.7. The molecular weight excluding hydrogens is 443 g/mol. The summed E-state index contributed by atoms with van der Waals surface area (Å²) < 4.78 is 4.66. The lowest BCUT2D eigenvalue weighted by molar-refractivity contribution is -0.142. The highest BCUT2D eigenvalue weighted by Crippen LogP contribution is 2.34. The zero-order chi connectivity index (χ0) is 22.5. The highest BCUT2D eigenvalue weighted by atomic mass is 35.5. The summed E-state index contributed by atoms with van der Waals surface area (Å²) in [5.41, 5.74) is 8.14. The number of amides is 3. The van der Waals surface area contributed by atoms with E-state index < -0.39 is 23.9 Å². The van der Waals surface area contributed by atoms with Gasteiger partial charge in [0.05, 0.1) is 35.0 Å². The van der Waals surface area contributed by atoms with Gasteiger partial charge in [0.25, 0.3) is 5.91 Å². The van der Waals surface area contributed by atoms with Crippen molar-refractivity contribution in [2.75, 3.05) is 19.0 Å². The maximum absolute atomic E-state index is 12.9. The van der Waals surface area contributed by atoms with Crippen molar-refractivity contribution in [1.29, 1.82) is 0 Å². The SMILES string of the molecule is COC(=O)[C@H](CNC(N)=O)NC(=O)c1c(Cl)ccc(NC2Cc3ccccc3C2)c1Cl. The van der Waals surface area contributed by atoms with Gasteiger partial charge in [0, 0.05) is 6.04 Å². The second kappa shape index (κ2) is 9.89. The number of halogens is 2. The first kappa shape index (κ1) is 22.7. The van der Waals surface area contributed by atoms with Crippen molar-refractivity contribution in [2.45, 2.75) is 24.9 Å². The van der Waals surface area contributed by atoms with Gasteiger partial charge < -0.3 is 26.4 Å². The molecule has 0 spiro atoms. The molecule has 0 unspecified atom stereocenters. The predicted molar refractivity (Wildman–Crippen MR) is 119 cm³/mol. The third-order valence-electron chi connectivity index (χ3n) is 5.00. The van der Waals surface area contributed by atoms with Crippen LogP contribution in [0.1, 0.15) is 21.5 Å². The average molecular weight is 465 g/mol. The van der Waals surface area contributed by atoms with Crippen molar-refractivity contribution in [1.82, 2.24) is 10.6 Å². The largest absolute Gasteiger partial charge is 0.467 e. The van der Waals surface area contributed by atoms with E-state index in [2.05, 4.69) is 32.8 Å². The molecule has 2 aromatic rings. The van der Waals surface area contributed by atoms with Crippen LogP contribution in [0.3, 0.4) is 0 Å². The fourth-order valence-corrected chi connectivity index (χ4v) is 4.12. The molecule has 0 radical (unpaired) electrons. The van der Waals surface area contributed by atoms with Crippen molar-refractivity contribution >= 4 is 46.8 Å². The van der Waals surface area contributed by atoms with Gasteiger partial charge in [-0.05, 0) is 36.1 Å². The Balaban J connectivity index is 1.77. The Morgan fingerprint density at radius 2 is 1.77 bits per heavy atom. The number of fused-ring (bicyclic) bond motifs is 1. The molecular formula is C21H22Cl2N4O4. The first-order chi connectivity index (χ1) is 14.8. The summed E-state index contributed by atoms with van der Waals surface area (Å²) in [6, 6.07) is 9.56. The van der Waals surface area contributed by atoms with E-state index in [0.717, 1.165) is 20.0 Å². The van der Waals surface area contributed by atoms with Crippen LogP contribution in [-0.2, 0) is 22.4 Å². The van der Waals surface area contributed by atoms with Crippen molar-refractivity contribution < 1.29 is 19.1 Å². The second-order valence-corrected chi connectivity index (χ2v) is 7.88. The number of rotatable bonds is 7. The molecule has 1 aliphatic rings. The zero-order valence-corrected chi connectivity index (χ0v) is 18.2. The van der Waals surface area contributed by atoms with Crippen molar-refractivity contribution in [3.05, 3.63) is 63.1 Å². The number of esters is 1. The van der Waals surface area contributed by atoms with Crippen LogP contribution in [0.25, 0.3) is 0 Å². The molecule has 164 valence electrons. The number of hydrogen-bond acceptors (Lipinski definition) is 5. The number of nitrogens with one attached hydrogen (secondary N) is 3. The third kappa shape index (κ3) is 5.39. The minimum Gasteiger partial charge on any atom is -0.467 e. The Kier molecular flexibility index (Phi) is 7.25. The lowest BCUT2D eigenvalue weighted by atomic mass is 10.1. The number of primary amides is 1. The maximum Gasteiger partial charge on any atom is 0.330 e. The molecule has 0 heterocycles. The highest BCUT2D eigenvalue weighted by Gasteiger charge is 2.27. The summed E-state index contributed by atoms with van der Waals surface area (Å²) in [5, 5.41) is 8.36. The van der Waals surface area contributed by atoms with Gasteiger partial charge in [0.15, 0.2) is 0 Å². The fourth-order valence-electron chi connectivity index (χ4n) is 3.52. The first-order valence-electron chi connectivity index (χ1n) is 9.53. The predicted octanol–water partition coefficient (Wildman–Crippen LogP) is 2.51. The Morgan fingerprint density at radius 1 is 1.13 bits per heavy atom. The highest BCUT2D eigenvalue weighted by molar-refractivity contribution is 6.41. The average Bonchev–Trinajstić information content (AvgIpc) is 3.15. The smallest absolute Gasteiger partial charge is 0.330 e. The lowest BCUT2D eigenvalue weighted by Gasteiger charge is -2.20. The third-order valence-corrected chi connectivity index (χ3v) is 5.71.